The number of carbonyl (C=O) groups is 2. The molecular weight excluding hydrogens is 363 g/mol. The average Bonchev–Trinajstić information content (AvgIpc) is 3.28. The van der Waals surface area contributed by atoms with Gasteiger partial charge in [0.05, 0.1) is 23.3 Å². The number of carbonyl (C=O) groups excluding carboxylic acids is 1. The molecule has 0 radical (unpaired) electrons. The number of likely N-dealkylation sites (tertiary alicyclic amines) is 1. The predicted molar refractivity (Wildman–Crippen MR) is 101 cm³/mol. The Morgan fingerprint density at radius 1 is 1.36 bits per heavy atom. The van der Waals surface area contributed by atoms with Gasteiger partial charge in [0.15, 0.2) is 0 Å². The Kier molecular flexibility index (Phi) is 4.66. The van der Waals surface area contributed by atoms with Crippen molar-refractivity contribution in [3.05, 3.63) is 41.8 Å². The lowest BCUT2D eigenvalue weighted by Crippen LogP contribution is -2.37. The third-order valence-corrected chi connectivity index (χ3v) is 5.90. The number of carboxylic acids is 1. The van der Waals surface area contributed by atoms with Gasteiger partial charge in [0.25, 0.3) is 0 Å². The molecule has 2 N–H and O–H groups in total. The van der Waals surface area contributed by atoms with Gasteiger partial charge in [-0.15, -0.1) is 0 Å². The Hall–Kier alpha value is -2.74. The summed E-state index contributed by atoms with van der Waals surface area (Å²) in [5.74, 6) is -0.692. The molecule has 1 aromatic carbocycles. The Bertz CT molecular complexity index is 911. The van der Waals surface area contributed by atoms with Crippen LogP contribution >= 0.6 is 0 Å². The summed E-state index contributed by atoms with van der Waals surface area (Å²) in [5.41, 5.74) is 0.665. The smallest absolute Gasteiger partial charge is 0.311 e. The van der Waals surface area contributed by atoms with E-state index in [-0.39, 0.29) is 24.2 Å². The molecule has 2 atom stereocenters. The van der Waals surface area contributed by atoms with E-state index in [1.807, 2.05) is 11.8 Å². The van der Waals surface area contributed by atoms with Gasteiger partial charge < -0.3 is 10.4 Å². The first kappa shape index (κ1) is 18.6. The summed E-state index contributed by atoms with van der Waals surface area (Å²) in [5, 5.41) is 16.9. The SMILES string of the molecule is Cc1cc(NC(=O)CN2C[C@@H]3CCC[C@@]3(C(=O)O)C2)n(-c2ccc(F)cc2)n1. The first-order valence-electron chi connectivity index (χ1n) is 9.45. The van der Waals surface area contributed by atoms with Crippen LogP contribution in [0.25, 0.3) is 5.69 Å². The quantitative estimate of drug-likeness (QED) is 0.824. The van der Waals surface area contributed by atoms with E-state index in [0.29, 0.717) is 31.0 Å². The topological polar surface area (TPSA) is 87.5 Å². The van der Waals surface area contributed by atoms with E-state index in [4.69, 9.17) is 0 Å². The molecule has 0 bridgehead atoms. The number of fused-ring (bicyclic) bond motifs is 1. The number of hydrogen-bond donors (Lipinski definition) is 2. The van der Waals surface area contributed by atoms with Crippen LogP contribution in [0.2, 0.25) is 0 Å². The number of aryl methyl sites for hydroxylation is 1. The van der Waals surface area contributed by atoms with Crippen molar-refractivity contribution >= 4 is 17.7 Å². The Morgan fingerprint density at radius 3 is 2.79 bits per heavy atom. The zero-order valence-electron chi connectivity index (χ0n) is 15.7. The predicted octanol–water partition coefficient (Wildman–Crippen LogP) is 2.45. The molecule has 1 saturated carbocycles. The van der Waals surface area contributed by atoms with Crippen LogP contribution in [0, 0.1) is 24.1 Å². The third-order valence-electron chi connectivity index (χ3n) is 5.90. The molecule has 1 saturated heterocycles. The van der Waals surface area contributed by atoms with Crippen LogP contribution in [-0.4, -0.2) is 51.3 Å². The molecule has 2 heterocycles. The highest BCUT2D eigenvalue weighted by molar-refractivity contribution is 5.92. The summed E-state index contributed by atoms with van der Waals surface area (Å²) in [7, 11) is 0. The average molecular weight is 386 g/mol. The number of nitrogens with one attached hydrogen (secondary N) is 1. The van der Waals surface area contributed by atoms with Crippen molar-refractivity contribution in [3.8, 4) is 5.69 Å². The number of nitrogens with zero attached hydrogens (tertiary/aromatic N) is 3. The number of carboxylic acid groups (broad SMARTS) is 1. The maximum absolute atomic E-state index is 13.2. The molecule has 2 aliphatic rings. The molecule has 1 amide bonds. The van der Waals surface area contributed by atoms with Crippen molar-refractivity contribution in [3.63, 3.8) is 0 Å². The van der Waals surface area contributed by atoms with Crippen LogP contribution in [0.15, 0.2) is 30.3 Å². The van der Waals surface area contributed by atoms with Gasteiger partial charge in [0.2, 0.25) is 5.91 Å². The number of halogens is 1. The minimum Gasteiger partial charge on any atom is -0.481 e. The van der Waals surface area contributed by atoms with Crippen LogP contribution < -0.4 is 5.32 Å². The summed E-state index contributed by atoms with van der Waals surface area (Å²) in [6.45, 7) is 3.00. The molecule has 148 valence electrons. The fraction of sp³-hybridized carbons (Fsp3) is 0.450. The molecule has 1 aromatic heterocycles. The molecule has 28 heavy (non-hydrogen) atoms. The minimum absolute atomic E-state index is 0.116. The van der Waals surface area contributed by atoms with Crippen LogP contribution in [0.4, 0.5) is 10.2 Å². The lowest BCUT2D eigenvalue weighted by molar-refractivity contribution is -0.149. The van der Waals surface area contributed by atoms with Crippen LogP contribution in [0.5, 0.6) is 0 Å². The summed E-state index contributed by atoms with van der Waals surface area (Å²) in [6, 6.07) is 7.61. The van der Waals surface area contributed by atoms with Gasteiger partial charge in [-0.1, -0.05) is 6.42 Å². The standard InChI is InChI=1S/C20H23FN4O3/c1-13-9-17(25(23-13)16-6-4-15(21)5-7-16)22-18(26)11-24-10-14-3-2-8-20(14,12-24)19(27)28/h4-7,9,14H,2-3,8,10-12H2,1H3,(H,22,26)(H,27,28)/t14-,20+/m0/s1. The monoisotopic (exact) mass is 386 g/mol. The first-order chi connectivity index (χ1) is 13.4. The van der Waals surface area contributed by atoms with Crippen LogP contribution in [-0.2, 0) is 9.59 Å². The lowest BCUT2D eigenvalue weighted by atomic mass is 9.81. The van der Waals surface area contributed by atoms with Gasteiger partial charge in [-0.2, -0.15) is 5.10 Å². The van der Waals surface area contributed by atoms with Crippen molar-refractivity contribution in [2.24, 2.45) is 11.3 Å². The van der Waals surface area contributed by atoms with Crippen molar-refractivity contribution in [1.82, 2.24) is 14.7 Å². The molecule has 7 nitrogen and oxygen atoms in total. The zero-order valence-corrected chi connectivity index (χ0v) is 15.7. The second-order valence-corrected chi connectivity index (χ2v) is 7.83. The maximum atomic E-state index is 13.2. The zero-order chi connectivity index (χ0) is 19.9. The number of aliphatic carboxylic acids is 1. The molecule has 0 spiro atoms. The summed E-state index contributed by atoms with van der Waals surface area (Å²) >= 11 is 0. The van der Waals surface area contributed by atoms with E-state index in [1.54, 1.807) is 22.9 Å². The molecule has 2 aromatic rings. The lowest BCUT2D eigenvalue weighted by Gasteiger charge is -2.23. The fourth-order valence-corrected chi connectivity index (χ4v) is 4.62. The number of amides is 1. The number of rotatable bonds is 5. The molecule has 0 unspecified atom stereocenters. The largest absolute Gasteiger partial charge is 0.481 e. The van der Waals surface area contributed by atoms with Gasteiger partial charge in [-0.05, 0) is 49.9 Å². The number of aromatic nitrogens is 2. The Labute approximate surface area is 162 Å². The van der Waals surface area contributed by atoms with E-state index in [1.165, 1.54) is 12.1 Å². The Morgan fingerprint density at radius 2 is 2.11 bits per heavy atom. The van der Waals surface area contributed by atoms with Crippen molar-refractivity contribution in [1.29, 1.82) is 0 Å². The van der Waals surface area contributed by atoms with E-state index in [0.717, 1.165) is 18.5 Å². The Balaban J connectivity index is 1.45. The van der Waals surface area contributed by atoms with Gasteiger partial charge in [0, 0.05) is 19.2 Å². The van der Waals surface area contributed by atoms with Gasteiger partial charge in [0.1, 0.15) is 11.6 Å². The van der Waals surface area contributed by atoms with E-state index in [2.05, 4.69) is 10.4 Å². The van der Waals surface area contributed by atoms with Crippen molar-refractivity contribution in [2.45, 2.75) is 26.2 Å². The first-order valence-corrected chi connectivity index (χ1v) is 9.45. The highest BCUT2D eigenvalue weighted by atomic mass is 19.1. The minimum atomic E-state index is -0.747. The maximum Gasteiger partial charge on any atom is 0.311 e. The van der Waals surface area contributed by atoms with Crippen LogP contribution in [0.1, 0.15) is 25.0 Å². The van der Waals surface area contributed by atoms with Gasteiger partial charge in [-0.25, -0.2) is 9.07 Å². The summed E-state index contributed by atoms with van der Waals surface area (Å²) < 4.78 is 14.7. The van der Waals surface area contributed by atoms with Crippen LogP contribution in [0.3, 0.4) is 0 Å². The molecule has 2 fully saturated rings. The second kappa shape index (κ2) is 7.01. The van der Waals surface area contributed by atoms with E-state index in [9.17, 15) is 19.1 Å². The number of hydrogen-bond acceptors (Lipinski definition) is 4. The highest BCUT2D eigenvalue weighted by Crippen LogP contribution is 2.48. The molecule has 1 aliphatic heterocycles. The highest BCUT2D eigenvalue weighted by Gasteiger charge is 2.54. The molecule has 1 aliphatic carbocycles. The third kappa shape index (κ3) is 3.28. The van der Waals surface area contributed by atoms with Crippen molar-refractivity contribution in [2.75, 3.05) is 25.0 Å². The van der Waals surface area contributed by atoms with Gasteiger partial charge in [-0.3, -0.25) is 14.5 Å². The molecule has 8 heteroatoms. The number of anilines is 1. The summed E-state index contributed by atoms with van der Waals surface area (Å²) in [4.78, 5) is 26.3. The normalized spacial score (nSPS) is 24.3. The van der Waals surface area contributed by atoms with E-state index >= 15 is 0 Å². The van der Waals surface area contributed by atoms with Gasteiger partial charge >= 0.3 is 5.97 Å². The van der Waals surface area contributed by atoms with E-state index < -0.39 is 11.4 Å². The fourth-order valence-electron chi connectivity index (χ4n) is 4.62. The second-order valence-electron chi connectivity index (χ2n) is 7.83. The number of benzene rings is 1. The summed E-state index contributed by atoms with van der Waals surface area (Å²) in [6.07, 6.45) is 2.52. The van der Waals surface area contributed by atoms with Crippen molar-refractivity contribution < 1.29 is 19.1 Å². The molecular formula is C20H23FN4O3. The molecule has 4 rings (SSSR count).